The van der Waals surface area contributed by atoms with Gasteiger partial charge in [-0.1, -0.05) is 11.8 Å². The zero-order valence-corrected chi connectivity index (χ0v) is 14.5. The summed E-state index contributed by atoms with van der Waals surface area (Å²) in [7, 11) is 0. The molecule has 1 aliphatic heterocycles. The Balaban J connectivity index is 2.29. The first-order chi connectivity index (χ1) is 10.5. The van der Waals surface area contributed by atoms with Crippen LogP contribution in [0.4, 0.5) is 10.6 Å². The average Bonchev–Trinajstić information content (AvgIpc) is 2.84. The van der Waals surface area contributed by atoms with Gasteiger partial charge in [-0.3, -0.25) is 4.90 Å². The van der Waals surface area contributed by atoms with Gasteiger partial charge in [-0.25, -0.2) is 9.59 Å². The lowest BCUT2D eigenvalue weighted by molar-refractivity contribution is -0.145. The highest BCUT2D eigenvalue weighted by Gasteiger charge is 2.46. The second-order valence-electron chi connectivity index (χ2n) is 7.03. The molecule has 1 amide bonds. The number of nitrogens with zero attached hydrogens (tertiary/aromatic N) is 3. The first-order valence-corrected chi connectivity index (χ1v) is 7.57. The molecule has 0 bridgehead atoms. The predicted octanol–water partition coefficient (Wildman–Crippen LogP) is 1.82. The van der Waals surface area contributed by atoms with E-state index < -0.39 is 23.2 Å². The number of ether oxygens (including phenoxy) is 1. The van der Waals surface area contributed by atoms with Gasteiger partial charge in [-0.15, -0.1) is 5.10 Å². The molecule has 0 saturated carbocycles. The van der Waals surface area contributed by atoms with Crippen LogP contribution >= 0.6 is 0 Å². The minimum absolute atomic E-state index is 0.220. The summed E-state index contributed by atoms with van der Waals surface area (Å²) in [6.45, 7) is 11.1. The maximum Gasteiger partial charge on any atom is 0.411 e. The number of fused-ring (bicyclic) bond motifs is 1. The van der Waals surface area contributed by atoms with Crippen molar-refractivity contribution in [1.82, 2.24) is 14.8 Å². The molecular weight excluding hydrogens is 300 g/mol. The van der Waals surface area contributed by atoms with Crippen LogP contribution in [0.1, 0.15) is 59.2 Å². The average molecular weight is 324 g/mol. The van der Waals surface area contributed by atoms with Gasteiger partial charge in [-0.2, -0.15) is 0 Å². The van der Waals surface area contributed by atoms with Crippen LogP contribution in [0.3, 0.4) is 0 Å². The molecule has 0 saturated heterocycles. The smallest absolute Gasteiger partial charge is 0.411 e. The fourth-order valence-electron chi connectivity index (χ4n) is 2.41. The Labute approximate surface area is 135 Å². The first-order valence-electron chi connectivity index (χ1n) is 7.57. The lowest BCUT2D eigenvalue weighted by Gasteiger charge is -2.33. The van der Waals surface area contributed by atoms with E-state index in [1.54, 1.807) is 11.8 Å². The number of hydrogen-bond donors (Lipinski definition) is 1. The molecule has 23 heavy (non-hydrogen) atoms. The number of aromatic nitrogens is 2. The van der Waals surface area contributed by atoms with Crippen LogP contribution in [0.5, 0.6) is 0 Å². The minimum atomic E-state index is -0.713. The monoisotopic (exact) mass is 324 g/mol. The molecule has 0 aliphatic carbocycles. The fraction of sp³-hybridized carbons (Fsp3) is 0.667. The van der Waals surface area contributed by atoms with Gasteiger partial charge in [0.1, 0.15) is 5.60 Å². The summed E-state index contributed by atoms with van der Waals surface area (Å²) in [5.41, 5.74) is 5.98. The Kier molecular flexibility index (Phi) is 4.04. The third kappa shape index (κ3) is 3.11. The summed E-state index contributed by atoms with van der Waals surface area (Å²) < 4.78 is 5.44. The van der Waals surface area contributed by atoms with E-state index >= 15 is 0 Å². The van der Waals surface area contributed by atoms with Crippen LogP contribution in [-0.2, 0) is 21.6 Å². The molecule has 0 radical (unpaired) electrons. The number of anilines is 1. The van der Waals surface area contributed by atoms with Crippen molar-refractivity contribution in [3.63, 3.8) is 0 Å². The summed E-state index contributed by atoms with van der Waals surface area (Å²) in [5, 5.41) is 4.26. The Morgan fingerprint density at radius 2 is 1.96 bits per heavy atom. The van der Waals surface area contributed by atoms with Gasteiger partial charge in [0.2, 0.25) is 0 Å². The van der Waals surface area contributed by atoms with Gasteiger partial charge in [0.05, 0.1) is 17.8 Å². The zero-order valence-electron chi connectivity index (χ0n) is 14.5. The molecule has 0 unspecified atom stereocenters. The van der Waals surface area contributed by atoms with E-state index in [4.69, 9.17) is 15.3 Å². The standard InChI is InChI=1S/C15H24N4O4/c1-7-10(20)23-19-12(16)9-8-18(13(21)22-14(2,3)4)15(5,6)11(9)17-19/h7-8,16H2,1-6H3. The van der Waals surface area contributed by atoms with Crippen LogP contribution in [-0.4, -0.2) is 32.5 Å². The van der Waals surface area contributed by atoms with Crippen LogP contribution < -0.4 is 10.6 Å². The fourth-order valence-corrected chi connectivity index (χ4v) is 2.41. The van der Waals surface area contributed by atoms with Crippen LogP contribution in [0.25, 0.3) is 0 Å². The highest BCUT2D eigenvalue weighted by Crippen LogP contribution is 2.41. The second-order valence-corrected chi connectivity index (χ2v) is 7.03. The molecule has 1 aromatic rings. The molecule has 2 heterocycles. The molecule has 1 aliphatic rings. The third-order valence-corrected chi connectivity index (χ3v) is 3.65. The second kappa shape index (κ2) is 5.43. The molecule has 0 atom stereocenters. The van der Waals surface area contributed by atoms with Gasteiger partial charge < -0.3 is 15.3 Å². The lowest BCUT2D eigenvalue weighted by atomic mass is 10.0. The van der Waals surface area contributed by atoms with E-state index in [9.17, 15) is 9.59 Å². The minimum Gasteiger partial charge on any atom is -0.444 e. The van der Waals surface area contributed by atoms with Crippen molar-refractivity contribution in [2.45, 2.75) is 65.6 Å². The number of carbonyl (C=O) groups is 2. The number of hydrogen-bond acceptors (Lipinski definition) is 6. The molecule has 2 N–H and O–H groups in total. The summed E-state index contributed by atoms with van der Waals surface area (Å²) in [5.74, 6) is -0.208. The molecule has 0 spiro atoms. The maximum absolute atomic E-state index is 12.4. The maximum atomic E-state index is 12.4. The Hall–Kier alpha value is -2.25. The van der Waals surface area contributed by atoms with Crippen molar-refractivity contribution >= 4 is 17.9 Å². The lowest BCUT2D eigenvalue weighted by Crippen LogP contribution is -2.44. The number of carbonyl (C=O) groups excluding carboxylic acids is 2. The molecule has 8 heteroatoms. The quantitative estimate of drug-likeness (QED) is 0.890. The summed E-state index contributed by atoms with van der Waals surface area (Å²) in [4.78, 5) is 31.5. The van der Waals surface area contributed by atoms with E-state index in [-0.39, 0.29) is 18.8 Å². The van der Waals surface area contributed by atoms with Crippen molar-refractivity contribution in [2.75, 3.05) is 5.73 Å². The summed E-state index contributed by atoms with van der Waals surface area (Å²) in [6.07, 6.45) is -0.214. The van der Waals surface area contributed by atoms with Gasteiger partial charge >= 0.3 is 12.1 Å². The Morgan fingerprint density at radius 3 is 2.43 bits per heavy atom. The van der Waals surface area contributed by atoms with E-state index in [1.807, 2.05) is 34.6 Å². The van der Waals surface area contributed by atoms with Crippen molar-refractivity contribution in [3.8, 4) is 0 Å². The van der Waals surface area contributed by atoms with Crippen molar-refractivity contribution in [1.29, 1.82) is 0 Å². The van der Waals surface area contributed by atoms with E-state index in [1.165, 1.54) is 0 Å². The molecule has 128 valence electrons. The van der Waals surface area contributed by atoms with Crippen LogP contribution in [0.15, 0.2) is 0 Å². The summed E-state index contributed by atoms with van der Waals surface area (Å²) >= 11 is 0. The zero-order chi connectivity index (χ0) is 17.6. The predicted molar refractivity (Wildman–Crippen MR) is 83.3 cm³/mol. The largest absolute Gasteiger partial charge is 0.444 e. The third-order valence-electron chi connectivity index (χ3n) is 3.65. The Morgan fingerprint density at radius 1 is 1.35 bits per heavy atom. The normalized spacial score (nSPS) is 16.2. The molecule has 0 fully saturated rings. The van der Waals surface area contributed by atoms with Gasteiger partial charge in [0, 0.05) is 12.0 Å². The number of amides is 1. The summed E-state index contributed by atoms with van der Waals surface area (Å²) in [6, 6.07) is 0. The topological polar surface area (TPSA) is 99.7 Å². The van der Waals surface area contributed by atoms with Crippen molar-refractivity contribution < 1.29 is 19.2 Å². The molecule has 8 nitrogen and oxygen atoms in total. The highest BCUT2D eigenvalue weighted by molar-refractivity contribution is 5.72. The first kappa shape index (κ1) is 17.1. The highest BCUT2D eigenvalue weighted by atomic mass is 16.7. The van der Waals surface area contributed by atoms with Crippen molar-refractivity contribution in [2.24, 2.45) is 0 Å². The molecule has 2 rings (SSSR count). The van der Waals surface area contributed by atoms with Gasteiger partial charge in [0.25, 0.3) is 0 Å². The Bertz CT molecular complexity index is 643. The van der Waals surface area contributed by atoms with Crippen molar-refractivity contribution in [3.05, 3.63) is 11.3 Å². The number of rotatable bonds is 2. The molecular formula is C15H24N4O4. The van der Waals surface area contributed by atoms with Crippen LogP contribution in [0, 0.1) is 0 Å². The van der Waals surface area contributed by atoms with E-state index in [0.717, 1.165) is 4.85 Å². The van der Waals surface area contributed by atoms with Gasteiger partial charge in [0.15, 0.2) is 5.82 Å². The van der Waals surface area contributed by atoms with E-state index in [2.05, 4.69) is 5.10 Å². The number of nitrogens with two attached hydrogens (primary N) is 1. The number of nitrogen functional groups attached to an aromatic ring is 1. The van der Waals surface area contributed by atoms with Crippen LogP contribution in [0.2, 0.25) is 0 Å². The molecule has 1 aromatic heterocycles. The van der Waals surface area contributed by atoms with Gasteiger partial charge in [-0.05, 0) is 34.6 Å². The van der Waals surface area contributed by atoms with E-state index in [0.29, 0.717) is 11.3 Å². The SMILES string of the molecule is CCC(=O)On1nc2c(c1N)CN(C(=O)OC(C)(C)C)C2(C)C. The molecule has 0 aromatic carbocycles.